The van der Waals surface area contributed by atoms with E-state index in [-0.39, 0.29) is 6.03 Å². The van der Waals surface area contributed by atoms with Crippen LogP contribution in [0.2, 0.25) is 0 Å². The Kier molecular flexibility index (Phi) is 5.93. The average Bonchev–Trinajstić information content (AvgIpc) is 3.29. The summed E-state index contributed by atoms with van der Waals surface area (Å²) in [6.45, 7) is 3.19. The van der Waals surface area contributed by atoms with Gasteiger partial charge in [0.05, 0.1) is 19.3 Å². The number of aryl methyl sites for hydroxylation is 1. The summed E-state index contributed by atoms with van der Waals surface area (Å²) in [6.07, 6.45) is 1.99. The van der Waals surface area contributed by atoms with E-state index in [9.17, 15) is 9.59 Å². The van der Waals surface area contributed by atoms with Gasteiger partial charge in [-0.15, -0.1) is 11.3 Å². The average molecular weight is 383 g/mol. The number of anilines is 1. The Labute approximate surface area is 161 Å². The fraction of sp³-hybridized carbons (Fsp3) is 0.200. The number of methoxy groups -OCH3 is 1. The molecule has 2 amide bonds. The Balaban J connectivity index is 1.59. The van der Waals surface area contributed by atoms with Crippen LogP contribution in [-0.4, -0.2) is 23.7 Å². The number of rotatable bonds is 6. The number of nitrogens with zero attached hydrogens (tertiary/aromatic N) is 1. The van der Waals surface area contributed by atoms with Gasteiger partial charge in [-0.1, -0.05) is 29.8 Å². The lowest BCUT2D eigenvalue weighted by Crippen LogP contribution is -2.29. The number of urea groups is 1. The van der Waals surface area contributed by atoms with Gasteiger partial charge in [0.25, 0.3) is 0 Å². The minimum absolute atomic E-state index is 0.371. The van der Waals surface area contributed by atoms with Crippen molar-refractivity contribution in [1.29, 1.82) is 0 Å². The SMILES string of the molecule is COC(=O)c1sccc1NC(=O)NCc1cccn1Cc1cccc(C)c1. The third-order valence-corrected chi connectivity index (χ3v) is 4.97. The smallest absolute Gasteiger partial charge is 0.350 e. The highest BCUT2D eigenvalue weighted by molar-refractivity contribution is 7.12. The van der Waals surface area contributed by atoms with E-state index in [0.717, 1.165) is 12.2 Å². The van der Waals surface area contributed by atoms with E-state index in [2.05, 4.69) is 40.3 Å². The predicted molar refractivity (Wildman–Crippen MR) is 106 cm³/mol. The van der Waals surface area contributed by atoms with Gasteiger partial charge in [0.2, 0.25) is 0 Å². The number of ether oxygens (including phenoxy) is 1. The van der Waals surface area contributed by atoms with Gasteiger partial charge in [-0.3, -0.25) is 0 Å². The minimum Gasteiger partial charge on any atom is -0.465 e. The summed E-state index contributed by atoms with van der Waals surface area (Å²) in [4.78, 5) is 24.3. The molecule has 0 unspecified atom stereocenters. The summed E-state index contributed by atoms with van der Waals surface area (Å²) in [5.74, 6) is -0.465. The molecule has 1 aromatic carbocycles. The summed E-state index contributed by atoms with van der Waals surface area (Å²) in [7, 11) is 1.31. The van der Waals surface area contributed by atoms with Crippen LogP contribution in [0.15, 0.2) is 54.0 Å². The zero-order chi connectivity index (χ0) is 19.2. The number of nitrogens with one attached hydrogen (secondary N) is 2. The molecule has 0 aliphatic carbocycles. The fourth-order valence-corrected chi connectivity index (χ4v) is 3.53. The lowest BCUT2D eigenvalue weighted by molar-refractivity contribution is 0.0607. The number of aromatic nitrogens is 1. The van der Waals surface area contributed by atoms with Crippen LogP contribution in [-0.2, 0) is 17.8 Å². The van der Waals surface area contributed by atoms with Gasteiger partial charge in [0, 0.05) is 18.4 Å². The van der Waals surface area contributed by atoms with E-state index in [1.807, 2.05) is 24.4 Å². The Morgan fingerprint density at radius 2 is 2.04 bits per heavy atom. The number of carbonyl (C=O) groups is 2. The first-order chi connectivity index (χ1) is 13.1. The van der Waals surface area contributed by atoms with E-state index >= 15 is 0 Å². The molecule has 0 saturated carbocycles. The van der Waals surface area contributed by atoms with Crippen molar-refractivity contribution in [3.63, 3.8) is 0 Å². The third-order valence-electron chi connectivity index (χ3n) is 4.07. The standard InChI is InChI=1S/C20H21N3O3S/c1-14-5-3-6-15(11-14)13-23-9-4-7-16(23)12-21-20(25)22-17-8-10-27-18(17)19(24)26-2/h3-11H,12-13H2,1-2H3,(H2,21,22,25). The second-order valence-corrected chi connectivity index (χ2v) is 7.00. The van der Waals surface area contributed by atoms with Crippen LogP contribution in [0.1, 0.15) is 26.5 Å². The van der Waals surface area contributed by atoms with Crippen molar-refractivity contribution < 1.29 is 14.3 Å². The number of hydrogen-bond donors (Lipinski definition) is 2. The Hall–Kier alpha value is -3.06. The largest absolute Gasteiger partial charge is 0.465 e. The maximum Gasteiger partial charge on any atom is 0.350 e. The lowest BCUT2D eigenvalue weighted by atomic mass is 10.1. The zero-order valence-electron chi connectivity index (χ0n) is 15.2. The lowest BCUT2D eigenvalue weighted by Gasteiger charge is -2.12. The molecule has 0 atom stereocenters. The van der Waals surface area contributed by atoms with E-state index in [0.29, 0.717) is 17.1 Å². The molecule has 0 spiro atoms. The predicted octanol–water partition coefficient (Wildman–Crippen LogP) is 4.01. The first-order valence-corrected chi connectivity index (χ1v) is 9.35. The summed E-state index contributed by atoms with van der Waals surface area (Å²) >= 11 is 1.22. The molecule has 27 heavy (non-hydrogen) atoms. The quantitative estimate of drug-likeness (QED) is 0.632. The van der Waals surface area contributed by atoms with Gasteiger partial charge >= 0.3 is 12.0 Å². The highest BCUT2D eigenvalue weighted by Crippen LogP contribution is 2.23. The zero-order valence-corrected chi connectivity index (χ0v) is 16.0. The number of benzene rings is 1. The maximum absolute atomic E-state index is 12.2. The molecular formula is C20H21N3O3S. The van der Waals surface area contributed by atoms with Crippen LogP contribution in [0.4, 0.5) is 10.5 Å². The Morgan fingerprint density at radius 3 is 2.81 bits per heavy atom. The molecular weight excluding hydrogens is 362 g/mol. The third kappa shape index (κ3) is 4.77. The fourth-order valence-electron chi connectivity index (χ4n) is 2.77. The number of amides is 2. The van der Waals surface area contributed by atoms with E-state index < -0.39 is 5.97 Å². The molecule has 0 aliphatic heterocycles. The first-order valence-electron chi connectivity index (χ1n) is 8.47. The summed E-state index contributed by atoms with van der Waals surface area (Å²) < 4.78 is 6.81. The van der Waals surface area contributed by atoms with Crippen LogP contribution < -0.4 is 10.6 Å². The highest BCUT2D eigenvalue weighted by atomic mass is 32.1. The second kappa shape index (κ2) is 8.55. The van der Waals surface area contributed by atoms with Crippen molar-refractivity contribution in [3.8, 4) is 0 Å². The van der Waals surface area contributed by atoms with Gasteiger partial charge in [-0.05, 0) is 36.1 Å². The van der Waals surface area contributed by atoms with Crippen LogP contribution in [0.5, 0.6) is 0 Å². The molecule has 0 aliphatic rings. The van der Waals surface area contributed by atoms with Crippen LogP contribution in [0, 0.1) is 6.92 Å². The number of thiophene rings is 1. The molecule has 7 heteroatoms. The van der Waals surface area contributed by atoms with Crippen molar-refractivity contribution in [2.24, 2.45) is 0 Å². The minimum atomic E-state index is -0.465. The monoisotopic (exact) mass is 383 g/mol. The van der Waals surface area contributed by atoms with Gasteiger partial charge in [-0.25, -0.2) is 9.59 Å². The molecule has 0 radical (unpaired) electrons. The molecule has 2 aromatic heterocycles. The van der Waals surface area contributed by atoms with E-state index in [1.54, 1.807) is 11.4 Å². The number of carbonyl (C=O) groups excluding carboxylic acids is 2. The molecule has 2 N–H and O–H groups in total. The van der Waals surface area contributed by atoms with Crippen LogP contribution in [0.3, 0.4) is 0 Å². The van der Waals surface area contributed by atoms with E-state index in [1.165, 1.54) is 29.6 Å². The van der Waals surface area contributed by atoms with Crippen LogP contribution in [0.25, 0.3) is 0 Å². The highest BCUT2D eigenvalue weighted by Gasteiger charge is 2.15. The Bertz CT molecular complexity index is 945. The van der Waals surface area contributed by atoms with Gasteiger partial charge in [0.1, 0.15) is 4.88 Å². The number of esters is 1. The van der Waals surface area contributed by atoms with Gasteiger partial charge < -0.3 is 19.9 Å². The van der Waals surface area contributed by atoms with Gasteiger partial charge in [0.15, 0.2) is 0 Å². The molecule has 2 heterocycles. The second-order valence-electron chi connectivity index (χ2n) is 6.08. The molecule has 6 nitrogen and oxygen atoms in total. The molecule has 0 fully saturated rings. The van der Waals surface area contributed by atoms with Crippen molar-refractivity contribution in [3.05, 3.63) is 75.7 Å². The molecule has 0 bridgehead atoms. The van der Waals surface area contributed by atoms with Crippen molar-refractivity contribution in [2.45, 2.75) is 20.0 Å². The normalized spacial score (nSPS) is 10.4. The topological polar surface area (TPSA) is 72.4 Å². The maximum atomic E-state index is 12.2. The molecule has 0 saturated heterocycles. The molecule has 3 aromatic rings. The molecule has 140 valence electrons. The summed E-state index contributed by atoms with van der Waals surface area (Å²) in [5.41, 5.74) is 3.86. The van der Waals surface area contributed by atoms with Crippen molar-refractivity contribution in [2.75, 3.05) is 12.4 Å². The van der Waals surface area contributed by atoms with Crippen molar-refractivity contribution in [1.82, 2.24) is 9.88 Å². The Morgan fingerprint density at radius 1 is 1.19 bits per heavy atom. The summed E-state index contributed by atoms with van der Waals surface area (Å²) in [6, 6.07) is 13.6. The van der Waals surface area contributed by atoms with Crippen LogP contribution >= 0.6 is 11.3 Å². The number of hydrogen-bond acceptors (Lipinski definition) is 4. The van der Waals surface area contributed by atoms with E-state index in [4.69, 9.17) is 4.74 Å². The van der Waals surface area contributed by atoms with Gasteiger partial charge in [-0.2, -0.15) is 0 Å². The summed E-state index contributed by atoms with van der Waals surface area (Å²) in [5, 5.41) is 7.25. The molecule has 3 rings (SSSR count). The van der Waals surface area contributed by atoms with Crippen molar-refractivity contribution >= 4 is 29.0 Å². The first kappa shape index (κ1) is 18.7.